The molecule has 0 amide bonds. The summed E-state index contributed by atoms with van der Waals surface area (Å²) < 4.78 is 0. The van der Waals surface area contributed by atoms with E-state index in [-0.39, 0.29) is 0 Å². The van der Waals surface area contributed by atoms with Gasteiger partial charge in [-0.25, -0.2) is 9.97 Å². The number of hydrogen-bond acceptors (Lipinski definition) is 4. The van der Waals surface area contributed by atoms with Crippen LogP contribution in [0.4, 0.5) is 0 Å². The van der Waals surface area contributed by atoms with Gasteiger partial charge in [0.15, 0.2) is 5.82 Å². The van der Waals surface area contributed by atoms with Crippen molar-refractivity contribution in [3.8, 4) is 11.4 Å². The van der Waals surface area contributed by atoms with Crippen LogP contribution in [-0.4, -0.2) is 31.4 Å². The molecule has 26 heavy (non-hydrogen) atoms. The van der Waals surface area contributed by atoms with Crippen molar-refractivity contribution < 1.29 is 0 Å². The van der Waals surface area contributed by atoms with Crippen molar-refractivity contribution in [2.24, 2.45) is 0 Å². The van der Waals surface area contributed by atoms with E-state index in [1.807, 2.05) is 30.7 Å². The molecular formula is C21H19N5. The summed E-state index contributed by atoms with van der Waals surface area (Å²) in [6, 6.07) is 12.5. The van der Waals surface area contributed by atoms with Crippen LogP contribution in [0.3, 0.4) is 0 Å². The molecule has 4 heterocycles. The molecule has 128 valence electrons. The summed E-state index contributed by atoms with van der Waals surface area (Å²) in [6.07, 6.45) is 8.56. The van der Waals surface area contributed by atoms with Crippen molar-refractivity contribution in [2.75, 3.05) is 6.54 Å². The van der Waals surface area contributed by atoms with Crippen LogP contribution in [0.25, 0.3) is 22.3 Å². The number of benzene rings is 1. The molecule has 1 aromatic carbocycles. The Balaban J connectivity index is 1.41. The molecule has 0 saturated carbocycles. The lowest BCUT2D eigenvalue weighted by Gasteiger charge is -2.28. The lowest BCUT2D eigenvalue weighted by atomic mass is 10.0. The molecule has 4 aromatic rings. The van der Waals surface area contributed by atoms with Crippen molar-refractivity contribution in [2.45, 2.75) is 19.5 Å². The molecule has 0 radical (unpaired) electrons. The minimum absolute atomic E-state index is 0.756. The average Bonchev–Trinajstić information content (AvgIpc) is 3.18. The molecule has 0 bridgehead atoms. The number of pyridine rings is 1. The second kappa shape index (κ2) is 6.35. The molecule has 0 atom stereocenters. The minimum Gasteiger partial charge on any atom is -0.361 e. The number of H-pyrrole nitrogens is 1. The van der Waals surface area contributed by atoms with E-state index in [2.05, 4.69) is 44.1 Å². The van der Waals surface area contributed by atoms with E-state index >= 15 is 0 Å². The number of rotatable bonds is 3. The van der Waals surface area contributed by atoms with Gasteiger partial charge in [0.2, 0.25) is 0 Å². The number of aromatic amines is 1. The van der Waals surface area contributed by atoms with Crippen LogP contribution in [0.2, 0.25) is 0 Å². The van der Waals surface area contributed by atoms with Crippen molar-refractivity contribution in [1.29, 1.82) is 0 Å². The van der Waals surface area contributed by atoms with Gasteiger partial charge in [0.05, 0.1) is 5.69 Å². The van der Waals surface area contributed by atoms with E-state index in [0.717, 1.165) is 43.1 Å². The Bertz CT molecular complexity index is 1050. The highest BCUT2D eigenvalue weighted by molar-refractivity contribution is 5.82. The third-order valence-electron chi connectivity index (χ3n) is 5.02. The number of nitrogens with zero attached hydrogens (tertiary/aromatic N) is 4. The van der Waals surface area contributed by atoms with Crippen molar-refractivity contribution in [3.63, 3.8) is 0 Å². The van der Waals surface area contributed by atoms with Gasteiger partial charge in [-0.2, -0.15) is 0 Å². The standard InChI is InChI=1S/C21H19N5/c1-3-17(18-6-9-23-19(18)5-1)13-26-10-7-15-12-24-21(25-20(15)14-26)16-4-2-8-22-11-16/h1-6,8-9,11-12,23H,7,10,13-14H2. The van der Waals surface area contributed by atoms with E-state index < -0.39 is 0 Å². The van der Waals surface area contributed by atoms with E-state index in [4.69, 9.17) is 4.98 Å². The zero-order chi connectivity index (χ0) is 17.3. The monoisotopic (exact) mass is 341 g/mol. The smallest absolute Gasteiger partial charge is 0.160 e. The molecule has 1 aliphatic heterocycles. The van der Waals surface area contributed by atoms with Crippen LogP contribution in [0.5, 0.6) is 0 Å². The Labute approximate surface area is 151 Å². The first-order valence-corrected chi connectivity index (χ1v) is 8.89. The van der Waals surface area contributed by atoms with Gasteiger partial charge in [-0.05, 0) is 41.8 Å². The van der Waals surface area contributed by atoms with Gasteiger partial charge in [-0.3, -0.25) is 9.88 Å². The number of aromatic nitrogens is 4. The Hall–Kier alpha value is -3.05. The average molecular weight is 341 g/mol. The third-order valence-corrected chi connectivity index (χ3v) is 5.02. The summed E-state index contributed by atoms with van der Waals surface area (Å²) in [5, 5.41) is 1.30. The largest absolute Gasteiger partial charge is 0.361 e. The van der Waals surface area contributed by atoms with Crippen LogP contribution in [-0.2, 0) is 19.5 Å². The van der Waals surface area contributed by atoms with Gasteiger partial charge in [0.1, 0.15) is 0 Å². The fourth-order valence-electron chi connectivity index (χ4n) is 3.66. The Morgan fingerprint density at radius 3 is 3.00 bits per heavy atom. The van der Waals surface area contributed by atoms with Gasteiger partial charge in [-0.1, -0.05) is 12.1 Å². The second-order valence-electron chi connectivity index (χ2n) is 6.72. The summed E-state index contributed by atoms with van der Waals surface area (Å²) >= 11 is 0. The third kappa shape index (κ3) is 2.76. The maximum Gasteiger partial charge on any atom is 0.160 e. The van der Waals surface area contributed by atoms with E-state index in [1.165, 1.54) is 22.0 Å². The molecule has 1 aliphatic rings. The predicted molar refractivity (Wildman–Crippen MR) is 101 cm³/mol. The lowest BCUT2D eigenvalue weighted by Crippen LogP contribution is -2.31. The van der Waals surface area contributed by atoms with Gasteiger partial charge >= 0.3 is 0 Å². The van der Waals surface area contributed by atoms with Crippen molar-refractivity contribution >= 4 is 10.9 Å². The molecule has 0 aliphatic carbocycles. The maximum atomic E-state index is 4.83. The highest BCUT2D eigenvalue weighted by Gasteiger charge is 2.19. The van der Waals surface area contributed by atoms with Crippen LogP contribution < -0.4 is 0 Å². The summed E-state index contributed by atoms with van der Waals surface area (Å²) in [7, 11) is 0. The Morgan fingerprint density at radius 1 is 1.08 bits per heavy atom. The molecule has 5 rings (SSSR count). The predicted octanol–water partition coefficient (Wildman–Crippen LogP) is 3.58. The highest BCUT2D eigenvalue weighted by Crippen LogP contribution is 2.24. The minimum atomic E-state index is 0.756. The van der Waals surface area contributed by atoms with E-state index in [9.17, 15) is 0 Å². The Kier molecular flexibility index (Phi) is 3.72. The summed E-state index contributed by atoms with van der Waals surface area (Å²) in [5.74, 6) is 0.756. The molecule has 5 nitrogen and oxygen atoms in total. The normalized spacial score (nSPS) is 14.5. The van der Waals surface area contributed by atoms with E-state index in [1.54, 1.807) is 6.20 Å². The van der Waals surface area contributed by atoms with Crippen LogP contribution in [0.15, 0.2) is 61.2 Å². The molecule has 0 spiro atoms. The van der Waals surface area contributed by atoms with Gasteiger partial charge < -0.3 is 4.98 Å². The molecule has 3 aromatic heterocycles. The fourth-order valence-corrected chi connectivity index (χ4v) is 3.66. The topological polar surface area (TPSA) is 57.7 Å². The summed E-state index contributed by atoms with van der Waals surface area (Å²) in [6.45, 7) is 2.82. The number of nitrogens with one attached hydrogen (secondary N) is 1. The fraction of sp³-hybridized carbons (Fsp3) is 0.190. The van der Waals surface area contributed by atoms with Gasteiger partial charge in [0.25, 0.3) is 0 Å². The molecule has 0 unspecified atom stereocenters. The van der Waals surface area contributed by atoms with Crippen molar-refractivity contribution in [1.82, 2.24) is 24.8 Å². The number of hydrogen-bond donors (Lipinski definition) is 1. The molecule has 5 heteroatoms. The summed E-state index contributed by atoms with van der Waals surface area (Å²) in [5.41, 5.74) is 5.90. The van der Waals surface area contributed by atoms with E-state index in [0.29, 0.717) is 0 Å². The first-order chi connectivity index (χ1) is 12.9. The lowest BCUT2D eigenvalue weighted by molar-refractivity contribution is 0.242. The molecule has 0 fully saturated rings. The molecule has 1 N–H and O–H groups in total. The first kappa shape index (κ1) is 15.2. The maximum absolute atomic E-state index is 4.83. The zero-order valence-electron chi connectivity index (χ0n) is 14.4. The molecule has 0 saturated heterocycles. The van der Waals surface area contributed by atoms with Crippen LogP contribution in [0, 0.1) is 0 Å². The van der Waals surface area contributed by atoms with Crippen molar-refractivity contribution in [3.05, 3.63) is 78.0 Å². The van der Waals surface area contributed by atoms with Gasteiger partial charge in [-0.15, -0.1) is 0 Å². The zero-order valence-corrected chi connectivity index (χ0v) is 14.4. The Morgan fingerprint density at radius 2 is 2.08 bits per heavy atom. The first-order valence-electron chi connectivity index (χ1n) is 8.89. The SMILES string of the molecule is c1cncc(-c2ncc3c(n2)CN(Cc2cccc4[nH]ccc24)CC3)c1. The molecular weight excluding hydrogens is 322 g/mol. The summed E-state index contributed by atoms with van der Waals surface area (Å²) in [4.78, 5) is 19.3. The highest BCUT2D eigenvalue weighted by atomic mass is 15.1. The second-order valence-corrected chi connectivity index (χ2v) is 6.72. The number of fused-ring (bicyclic) bond motifs is 2. The quantitative estimate of drug-likeness (QED) is 0.619. The van der Waals surface area contributed by atoms with Gasteiger partial charge in [0, 0.05) is 60.9 Å². The van der Waals surface area contributed by atoms with Crippen LogP contribution in [0.1, 0.15) is 16.8 Å². The van der Waals surface area contributed by atoms with Crippen LogP contribution >= 0.6 is 0 Å².